The van der Waals surface area contributed by atoms with Gasteiger partial charge in [0.05, 0.1) is 28.0 Å². The summed E-state index contributed by atoms with van der Waals surface area (Å²) in [6.07, 6.45) is 0.641. The molecule has 0 radical (unpaired) electrons. The van der Waals surface area contributed by atoms with E-state index in [2.05, 4.69) is 20.3 Å². The standard InChI is InChI=1S/C23H21F3N4O2S/c1-32-17-7-8-18-19(13-17)33-21(29-18)12-16-11-20(30-22(28-16)27-9-2-10-31)23(25,26)14-3-5-15(24)6-4-14/h3-8,11,13,31H,2,9-10,12H2,1H3,(H,27,28,30). The average molecular weight is 475 g/mol. The Hall–Kier alpha value is -3.24. The SMILES string of the molecule is COc1ccc2nc(Cc3cc(C(F)(F)c4ccc(F)cc4)nc(NCCCO)n3)sc2c1. The van der Waals surface area contributed by atoms with Crippen molar-refractivity contribution in [2.45, 2.75) is 18.8 Å². The van der Waals surface area contributed by atoms with Gasteiger partial charge in [-0.15, -0.1) is 11.3 Å². The minimum atomic E-state index is -3.46. The first-order valence-corrected chi connectivity index (χ1v) is 11.0. The van der Waals surface area contributed by atoms with Crippen molar-refractivity contribution in [3.63, 3.8) is 0 Å². The van der Waals surface area contributed by atoms with Gasteiger partial charge in [-0.25, -0.2) is 19.3 Å². The Morgan fingerprint density at radius 1 is 1.06 bits per heavy atom. The van der Waals surface area contributed by atoms with E-state index in [9.17, 15) is 4.39 Å². The van der Waals surface area contributed by atoms with Crippen molar-refractivity contribution in [3.8, 4) is 5.75 Å². The van der Waals surface area contributed by atoms with Crippen LogP contribution in [-0.2, 0) is 12.3 Å². The number of thiazole rings is 1. The number of methoxy groups -OCH3 is 1. The fourth-order valence-electron chi connectivity index (χ4n) is 3.22. The number of benzene rings is 2. The number of nitrogens with one attached hydrogen (secondary N) is 1. The Balaban J connectivity index is 1.69. The second-order valence-corrected chi connectivity index (χ2v) is 8.39. The molecule has 0 aliphatic rings. The molecule has 6 nitrogen and oxygen atoms in total. The Morgan fingerprint density at radius 2 is 1.85 bits per heavy atom. The molecule has 2 heterocycles. The third kappa shape index (κ3) is 5.23. The van der Waals surface area contributed by atoms with Crippen molar-refractivity contribution in [2.75, 3.05) is 25.6 Å². The van der Waals surface area contributed by atoms with Crippen molar-refractivity contribution in [1.29, 1.82) is 0 Å². The molecule has 0 bridgehead atoms. The van der Waals surface area contributed by atoms with Crippen LogP contribution in [0.3, 0.4) is 0 Å². The minimum Gasteiger partial charge on any atom is -0.497 e. The molecular formula is C23H21F3N4O2S. The smallest absolute Gasteiger partial charge is 0.315 e. The zero-order chi connectivity index (χ0) is 23.4. The van der Waals surface area contributed by atoms with Gasteiger partial charge in [0.2, 0.25) is 5.95 Å². The highest BCUT2D eigenvalue weighted by molar-refractivity contribution is 7.18. The van der Waals surface area contributed by atoms with Crippen LogP contribution in [0.5, 0.6) is 5.75 Å². The maximum atomic E-state index is 15.3. The number of aliphatic hydroxyl groups is 1. The van der Waals surface area contributed by atoms with E-state index in [0.29, 0.717) is 29.4 Å². The summed E-state index contributed by atoms with van der Waals surface area (Å²) in [6.45, 7) is 0.267. The van der Waals surface area contributed by atoms with Gasteiger partial charge < -0.3 is 15.2 Å². The van der Waals surface area contributed by atoms with Gasteiger partial charge in [0.1, 0.15) is 17.3 Å². The summed E-state index contributed by atoms with van der Waals surface area (Å²) >= 11 is 1.43. The fraction of sp³-hybridized carbons (Fsp3) is 0.261. The van der Waals surface area contributed by atoms with Gasteiger partial charge >= 0.3 is 5.92 Å². The highest BCUT2D eigenvalue weighted by Crippen LogP contribution is 2.36. The van der Waals surface area contributed by atoms with Gasteiger partial charge in [-0.3, -0.25) is 0 Å². The first kappa shape index (κ1) is 22.9. The first-order valence-electron chi connectivity index (χ1n) is 10.2. The Morgan fingerprint density at radius 3 is 2.58 bits per heavy atom. The van der Waals surface area contributed by atoms with Crippen LogP contribution in [0.1, 0.15) is 28.4 Å². The number of nitrogens with zero attached hydrogens (tertiary/aromatic N) is 3. The molecule has 0 aliphatic heterocycles. The molecule has 0 fully saturated rings. The van der Waals surface area contributed by atoms with E-state index < -0.39 is 17.4 Å². The molecular weight excluding hydrogens is 453 g/mol. The molecule has 0 saturated heterocycles. The molecule has 10 heteroatoms. The predicted molar refractivity (Wildman–Crippen MR) is 121 cm³/mol. The zero-order valence-electron chi connectivity index (χ0n) is 17.7. The summed E-state index contributed by atoms with van der Waals surface area (Å²) < 4.78 is 49.9. The number of alkyl halides is 2. The van der Waals surface area contributed by atoms with E-state index >= 15 is 8.78 Å². The van der Waals surface area contributed by atoms with Crippen LogP contribution in [0, 0.1) is 5.82 Å². The molecule has 33 heavy (non-hydrogen) atoms. The van der Waals surface area contributed by atoms with Crippen LogP contribution in [0.4, 0.5) is 19.1 Å². The van der Waals surface area contributed by atoms with E-state index in [1.807, 2.05) is 12.1 Å². The normalized spacial score (nSPS) is 11.7. The van der Waals surface area contributed by atoms with E-state index in [0.717, 1.165) is 34.5 Å². The average Bonchev–Trinajstić information content (AvgIpc) is 3.20. The van der Waals surface area contributed by atoms with Gasteiger partial charge in [-0.1, -0.05) is 0 Å². The Bertz CT molecular complexity index is 1250. The van der Waals surface area contributed by atoms with Crippen molar-refractivity contribution < 1.29 is 23.0 Å². The second-order valence-electron chi connectivity index (χ2n) is 7.27. The molecule has 4 aromatic rings. The van der Waals surface area contributed by atoms with E-state index in [4.69, 9.17) is 9.84 Å². The number of ether oxygens (including phenoxy) is 1. The van der Waals surface area contributed by atoms with Crippen LogP contribution in [-0.4, -0.2) is 40.3 Å². The van der Waals surface area contributed by atoms with Crippen LogP contribution < -0.4 is 10.1 Å². The van der Waals surface area contributed by atoms with Crippen molar-refractivity contribution in [3.05, 3.63) is 76.3 Å². The molecule has 0 spiro atoms. The number of hydrogen-bond donors (Lipinski definition) is 2. The van der Waals surface area contributed by atoms with Gasteiger partial charge in [0.25, 0.3) is 0 Å². The van der Waals surface area contributed by atoms with Crippen molar-refractivity contribution >= 4 is 27.5 Å². The van der Waals surface area contributed by atoms with Gasteiger partial charge in [-0.2, -0.15) is 8.78 Å². The lowest BCUT2D eigenvalue weighted by molar-refractivity contribution is 0.0378. The monoisotopic (exact) mass is 474 g/mol. The largest absolute Gasteiger partial charge is 0.497 e. The quantitative estimate of drug-likeness (QED) is 0.341. The summed E-state index contributed by atoms with van der Waals surface area (Å²) in [7, 11) is 1.58. The molecule has 0 saturated carbocycles. The molecule has 0 amide bonds. The minimum absolute atomic E-state index is 0.0283. The molecule has 0 atom stereocenters. The summed E-state index contributed by atoms with van der Waals surface area (Å²) in [5.41, 5.74) is 0.262. The van der Waals surface area contributed by atoms with E-state index in [1.165, 1.54) is 17.4 Å². The first-order chi connectivity index (χ1) is 15.9. The fourth-order valence-corrected chi connectivity index (χ4v) is 4.24. The number of anilines is 1. The number of hydrogen-bond acceptors (Lipinski definition) is 7. The van der Waals surface area contributed by atoms with Crippen LogP contribution in [0.25, 0.3) is 10.2 Å². The predicted octanol–water partition coefficient (Wildman–Crippen LogP) is 4.76. The summed E-state index contributed by atoms with van der Waals surface area (Å²) in [5, 5.41) is 12.6. The maximum Gasteiger partial charge on any atom is 0.315 e. The molecule has 2 aromatic carbocycles. The molecule has 0 aliphatic carbocycles. The Labute approximate surface area is 192 Å². The molecule has 172 valence electrons. The molecule has 4 rings (SSSR count). The van der Waals surface area contributed by atoms with Crippen molar-refractivity contribution in [1.82, 2.24) is 15.0 Å². The zero-order valence-corrected chi connectivity index (χ0v) is 18.5. The van der Waals surface area contributed by atoms with E-state index in [1.54, 1.807) is 13.2 Å². The van der Waals surface area contributed by atoms with Crippen LogP contribution in [0.15, 0.2) is 48.5 Å². The third-order valence-corrected chi connectivity index (χ3v) is 5.92. The lowest BCUT2D eigenvalue weighted by Gasteiger charge is -2.18. The summed E-state index contributed by atoms with van der Waals surface area (Å²) in [5.74, 6) is -3.33. The number of rotatable bonds is 9. The molecule has 0 unspecified atom stereocenters. The topological polar surface area (TPSA) is 80.2 Å². The number of halogens is 3. The summed E-state index contributed by atoms with van der Waals surface area (Å²) in [4.78, 5) is 12.9. The lowest BCUT2D eigenvalue weighted by Crippen LogP contribution is -2.20. The number of fused-ring (bicyclic) bond motifs is 1. The van der Waals surface area contributed by atoms with Gasteiger partial charge in [0, 0.05) is 25.1 Å². The molecule has 2 N–H and O–H groups in total. The highest BCUT2D eigenvalue weighted by Gasteiger charge is 2.36. The Kier molecular flexibility index (Phi) is 6.75. The van der Waals surface area contributed by atoms with Crippen LogP contribution in [0.2, 0.25) is 0 Å². The number of aromatic nitrogens is 3. The van der Waals surface area contributed by atoms with E-state index in [-0.39, 0.29) is 24.5 Å². The summed E-state index contributed by atoms with van der Waals surface area (Å²) in [6, 6.07) is 10.8. The third-order valence-electron chi connectivity index (χ3n) is 4.90. The second kappa shape index (κ2) is 9.72. The maximum absolute atomic E-state index is 15.3. The van der Waals surface area contributed by atoms with Crippen molar-refractivity contribution in [2.24, 2.45) is 0 Å². The lowest BCUT2D eigenvalue weighted by atomic mass is 10.0. The van der Waals surface area contributed by atoms with Crippen LogP contribution >= 0.6 is 11.3 Å². The number of aliphatic hydroxyl groups excluding tert-OH is 1. The highest BCUT2D eigenvalue weighted by atomic mass is 32.1. The molecule has 2 aromatic heterocycles. The van der Waals surface area contributed by atoms with Gasteiger partial charge in [-0.05, 0) is 55.0 Å². The van der Waals surface area contributed by atoms with Gasteiger partial charge in [0.15, 0.2) is 0 Å².